The van der Waals surface area contributed by atoms with Crippen LogP contribution in [0.15, 0.2) is 42.5 Å². The number of anilines is 1. The zero-order chi connectivity index (χ0) is 21.2. The maximum atomic E-state index is 11.4. The molecule has 0 aliphatic rings. The molecule has 5 heteroatoms. The number of para-hydroxylation sites is 1. The third kappa shape index (κ3) is 6.71. The van der Waals surface area contributed by atoms with E-state index in [9.17, 15) is 9.59 Å². The molecule has 1 amide bonds. The number of hydrogen-bond acceptors (Lipinski definition) is 3. The smallest absolute Gasteiger partial charge is 0.303 e. The van der Waals surface area contributed by atoms with E-state index in [1.54, 1.807) is 11.9 Å². The summed E-state index contributed by atoms with van der Waals surface area (Å²) in [4.78, 5) is 23.6. The number of unbranched alkanes of at least 4 members (excludes halogenated alkanes) is 3. The van der Waals surface area contributed by atoms with Gasteiger partial charge < -0.3 is 15.3 Å². The Kier molecular flexibility index (Phi) is 8.87. The molecule has 1 atom stereocenters. The summed E-state index contributed by atoms with van der Waals surface area (Å²) in [6.07, 6.45) is 4.70. The number of rotatable bonds is 12. The Hall–Kier alpha value is -2.66. The van der Waals surface area contributed by atoms with E-state index < -0.39 is 5.97 Å². The Morgan fingerprint density at radius 2 is 1.79 bits per heavy atom. The SMILES string of the molecule is Cc1ccc(C(NCCCCCCC(=O)O)c2ccccc2N(C)C=O)c(C)c1. The van der Waals surface area contributed by atoms with Gasteiger partial charge in [0.15, 0.2) is 0 Å². The van der Waals surface area contributed by atoms with Crippen molar-refractivity contribution in [3.8, 4) is 0 Å². The first-order chi connectivity index (χ1) is 13.9. The maximum Gasteiger partial charge on any atom is 0.303 e. The second kappa shape index (κ2) is 11.4. The molecule has 0 aliphatic carbocycles. The molecule has 2 N–H and O–H groups in total. The summed E-state index contributed by atoms with van der Waals surface area (Å²) < 4.78 is 0. The summed E-state index contributed by atoms with van der Waals surface area (Å²) in [5, 5.41) is 12.4. The highest BCUT2D eigenvalue weighted by Gasteiger charge is 2.20. The molecule has 0 spiro atoms. The second-order valence-corrected chi connectivity index (χ2v) is 7.58. The molecule has 0 bridgehead atoms. The number of carboxylic acids is 1. The molecule has 0 aromatic heterocycles. The van der Waals surface area contributed by atoms with Crippen molar-refractivity contribution in [2.24, 2.45) is 0 Å². The van der Waals surface area contributed by atoms with E-state index in [0.717, 1.165) is 49.9 Å². The van der Waals surface area contributed by atoms with Crippen LogP contribution in [-0.2, 0) is 9.59 Å². The molecule has 2 aromatic carbocycles. The van der Waals surface area contributed by atoms with Crippen molar-refractivity contribution < 1.29 is 14.7 Å². The molecule has 0 aliphatic heterocycles. The topological polar surface area (TPSA) is 69.6 Å². The number of aliphatic carboxylic acids is 1. The minimum absolute atomic E-state index is 0.0202. The van der Waals surface area contributed by atoms with Crippen LogP contribution in [0.1, 0.15) is 60.4 Å². The van der Waals surface area contributed by atoms with E-state index in [-0.39, 0.29) is 12.5 Å². The van der Waals surface area contributed by atoms with Gasteiger partial charge in [-0.3, -0.25) is 9.59 Å². The lowest BCUT2D eigenvalue weighted by Crippen LogP contribution is -2.27. The summed E-state index contributed by atoms with van der Waals surface area (Å²) in [6.45, 7) is 5.03. The van der Waals surface area contributed by atoms with Crippen molar-refractivity contribution in [2.75, 3.05) is 18.5 Å². The van der Waals surface area contributed by atoms with Crippen LogP contribution in [0.2, 0.25) is 0 Å². The molecule has 1 unspecified atom stereocenters. The Labute approximate surface area is 173 Å². The minimum Gasteiger partial charge on any atom is -0.481 e. The molecule has 156 valence electrons. The number of carboxylic acid groups (broad SMARTS) is 1. The van der Waals surface area contributed by atoms with E-state index in [0.29, 0.717) is 0 Å². The van der Waals surface area contributed by atoms with Gasteiger partial charge in [0.25, 0.3) is 0 Å². The van der Waals surface area contributed by atoms with Crippen LogP contribution in [0.4, 0.5) is 5.69 Å². The number of aryl methyl sites for hydroxylation is 2. The number of nitrogens with one attached hydrogen (secondary N) is 1. The van der Waals surface area contributed by atoms with E-state index in [2.05, 4.69) is 43.4 Å². The number of nitrogens with zero attached hydrogens (tertiary/aromatic N) is 1. The van der Waals surface area contributed by atoms with E-state index in [1.165, 1.54) is 16.7 Å². The van der Waals surface area contributed by atoms with Crippen LogP contribution < -0.4 is 10.2 Å². The van der Waals surface area contributed by atoms with Crippen molar-refractivity contribution in [1.82, 2.24) is 5.32 Å². The van der Waals surface area contributed by atoms with E-state index in [1.807, 2.05) is 18.2 Å². The highest BCUT2D eigenvalue weighted by Crippen LogP contribution is 2.32. The van der Waals surface area contributed by atoms with Crippen LogP contribution in [0.5, 0.6) is 0 Å². The molecular formula is C24H32N2O3. The van der Waals surface area contributed by atoms with Crippen LogP contribution in [0, 0.1) is 13.8 Å². The van der Waals surface area contributed by atoms with Gasteiger partial charge in [0, 0.05) is 19.2 Å². The van der Waals surface area contributed by atoms with Crippen molar-refractivity contribution in [1.29, 1.82) is 0 Å². The molecule has 0 saturated carbocycles. The largest absolute Gasteiger partial charge is 0.481 e. The molecule has 0 fully saturated rings. The van der Waals surface area contributed by atoms with Gasteiger partial charge in [0.1, 0.15) is 0 Å². The van der Waals surface area contributed by atoms with Crippen molar-refractivity contribution in [3.63, 3.8) is 0 Å². The predicted molar refractivity (Wildman–Crippen MR) is 117 cm³/mol. The first-order valence-corrected chi connectivity index (χ1v) is 10.2. The summed E-state index contributed by atoms with van der Waals surface area (Å²) in [6, 6.07) is 14.4. The molecule has 0 radical (unpaired) electrons. The summed E-state index contributed by atoms with van der Waals surface area (Å²) in [5.41, 5.74) is 5.60. The predicted octanol–water partition coefficient (Wildman–Crippen LogP) is 4.61. The lowest BCUT2D eigenvalue weighted by atomic mass is 9.92. The Morgan fingerprint density at radius 3 is 2.48 bits per heavy atom. The quantitative estimate of drug-likeness (QED) is 0.406. The average molecular weight is 397 g/mol. The third-order valence-corrected chi connectivity index (χ3v) is 5.19. The number of carbonyl (C=O) groups is 2. The van der Waals surface area contributed by atoms with Crippen LogP contribution in [0.3, 0.4) is 0 Å². The fourth-order valence-electron chi connectivity index (χ4n) is 3.65. The average Bonchev–Trinajstić information content (AvgIpc) is 2.70. The van der Waals surface area contributed by atoms with Gasteiger partial charge in [-0.25, -0.2) is 0 Å². The van der Waals surface area contributed by atoms with Crippen LogP contribution >= 0.6 is 0 Å². The van der Waals surface area contributed by atoms with Gasteiger partial charge in [0.2, 0.25) is 6.41 Å². The standard InChI is InChI=1S/C24H32N2O3/c1-18-13-14-20(19(2)16-18)24(25-15-9-5-4-6-12-23(28)29)21-10-7-8-11-22(21)26(3)17-27/h7-8,10-11,13-14,16-17,24-25H,4-6,9,12,15H2,1-3H3,(H,28,29). The van der Waals surface area contributed by atoms with Crippen LogP contribution in [-0.4, -0.2) is 31.1 Å². The molecule has 29 heavy (non-hydrogen) atoms. The van der Waals surface area contributed by atoms with Gasteiger partial charge >= 0.3 is 5.97 Å². The fourth-order valence-corrected chi connectivity index (χ4v) is 3.65. The Bertz CT molecular complexity index is 820. The highest BCUT2D eigenvalue weighted by atomic mass is 16.4. The maximum absolute atomic E-state index is 11.4. The van der Waals surface area contributed by atoms with Gasteiger partial charge in [0.05, 0.1) is 6.04 Å². The van der Waals surface area contributed by atoms with Gasteiger partial charge in [-0.15, -0.1) is 0 Å². The summed E-state index contributed by atoms with van der Waals surface area (Å²) >= 11 is 0. The normalized spacial score (nSPS) is 11.8. The van der Waals surface area contributed by atoms with Crippen molar-refractivity contribution in [2.45, 2.75) is 52.0 Å². The fraction of sp³-hybridized carbons (Fsp3) is 0.417. The number of amides is 1. The molecule has 5 nitrogen and oxygen atoms in total. The minimum atomic E-state index is -0.728. The summed E-state index contributed by atoms with van der Waals surface area (Å²) in [7, 11) is 1.77. The van der Waals surface area contributed by atoms with Gasteiger partial charge in [-0.1, -0.05) is 54.8 Å². The lowest BCUT2D eigenvalue weighted by Gasteiger charge is -2.26. The molecule has 2 rings (SSSR count). The molecule has 2 aromatic rings. The van der Waals surface area contributed by atoms with E-state index >= 15 is 0 Å². The van der Waals surface area contributed by atoms with Crippen molar-refractivity contribution >= 4 is 18.1 Å². The summed E-state index contributed by atoms with van der Waals surface area (Å²) in [5.74, 6) is -0.728. The van der Waals surface area contributed by atoms with Crippen LogP contribution in [0.25, 0.3) is 0 Å². The number of hydrogen-bond donors (Lipinski definition) is 2. The first kappa shape index (κ1) is 22.6. The zero-order valence-corrected chi connectivity index (χ0v) is 17.6. The van der Waals surface area contributed by atoms with E-state index in [4.69, 9.17) is 5.11 Å². The molecule has 0 saturated heterocycles. The molecular weight excluding hydrogens is 364 g/mol. The van der Waals surface area contributed by atoms with Gasteiger partial charge in [-0.2, -0.15) is 0 Å². The third-order valence-electron chi connectivity index (χ3n) is 5.19. The van der Waals surface area contributed by atoms with Gasteiger partial charge in [-0.05, 0) is 56.0 Å². The second-order valence-electron chi connectivity index (χ2n) is 7.58. The zero-order valence-electron chi connectivity index (χ0n) is 17.6. The lowest BCUT2D eigenvalue weighted by molar-refractivity contribution is -0.137. The Morgan fingerprint density at radius 1 is 1.07 bits per heavy atom. The Balaban J connectivity index is 2.18. The molecule has 0 heterocycles. The number of benzene rings is 2. The first-order valence-electron chi connectivity index (χ1n) is 10.2. The number of carbonyl (C=O) groups excluding carboxylic acids is 1. The monoisotopic (exact) mass is 396 g/mol. The van der Waals surface area contributed by atoms with Crippen molar-refractivity contribution in [3.05, 3.63) is 64.7 Å². The highest BCUT2D eigenvalue weighted by molar-refractivity contribution is 5.77.